The molecule has 0 aromatic heterocycles. The van der Waals surface area contributed by atoms with Crippen LogP contribution in [0.15, 0.2) is 12.2 Å². The standard InChI is InChI=1S/C71H136O6/c1-4-7-10-13-16-19-22-25-27-29-30-31-32-33-34-35-36-37-38-39-40-41-42-43-45-46-49-52-55-58-61-64-70(73)76-67-68(66-75-69(72)63-60-57-54-51-48-24-21-18-15-12-9-6-3)77-71(74)65-62-59-56-53-50-47-44-28-26-23-20-17-14-11-8-5-2/h29-30,68H,4-28,31-67H2,1-3H3/b30-29-. The van der Waals surface area contributed by atoms with Crippen molar-refractivity contribution < 1.29 is 28.6 Å². The molecule has 1 unspecified atom stereocenters. The lowest BCUT2D eigenvalue weighted by Crippen LogP contribution is -2.30. The molecule has 6 heteroatoms. The van der Waals surface area contributed by atoms with E-state index >= 15 is 0 Å². The van der Waals surface area contributed by atoms with E-state index in [0.717, 1.165) is 57.8 Å². The number of carbonyl (C=O) groups excluding carboxylic acids is 3. The van der Waals surface area contributed by atoms with Gasteiger partial charge in [-0.25, -0.2) is 0 Å². The quantitative estimate of drug-likeness (QED) is 0.0261. The molecule has 0 saturated heterocycles. The van der Waals surface area contributed by atoms with Crippen LogP contribution in [0.25, 0.3) is 0 Å². The summed E-state index contributed by atoms with van der Waals surface area (Å²) in [6, 6.07) is 0. The van der Waals surface area contributed by atoms with Gasteiger partial charge < -0.3 is 14.2 Å². The highest BCUT2D eigenvalue weighted by atomic mass is 16.6. The zero-order valence-electron chi connectivity index (χ0n) is 52.5. The number of hydrogen-bond donors (Lipinski definition) is 0. The Labute approximate surface area is 481 Å². The van der Waals surface area contributed by atoms with Crippen molar-refractivity contribution in [3.63, 3.8) is 0 Å². The molecule has 0 rings (SSSR count). The van der Waals surface area contributed by atoms with Gasteiger partial charge in [-0.15, -0.1) is 0 Å². The van der Waals surface area contributed by atoms with Crippen molar-refractivity contribution in [2.24, 2.45) is 0 Å². The monoisotopic (exact) mass is 1090 g/mol. The first-order valence-corrected chi connectivity index (χ1v) is 35.2. The Bertz CT molecular complexity index is 1200. The Morgan fingerprint density at radius 1 is 0.247 bits per heavy atom. The highest BCUT2D eigenvalue weighted by molar-refractivity contribution is 5.71. The molecule has 0 aliphatic rings. The molecule has 0 aliphatic carbocycles. The molecule has 0 fully saturated rings. The zero-order chi connectivity index (χ0) is 55.7. The molecule has 0 bridgehead atoms. The molecule has 0 saturated carbocycles. The lowest BCUT2D eigenvalue weighted by atomic mass is 10.0. The zero-order valence-corrected chi connectivity index (χ0v) is 52.5. The second-order valence-corrected chi connectivity index (χ2v) is 24.2. The lowest BCUT2D eigenvalue weighted by Gasteiger charge is -2.18. The minimum atomic E-state index is -0.764. The van der Waals surface area contributed by atoms with Gasteiger partial charge in [-0.2, -0.15) is 0 Å². The van der Waals surface area contributed by atoms with E-state index in [2.05, 4.69) is 32.9 Å². The average molecular weight is 1090 g/mol. The van der Waals surface area contributed by atoms with Gasteiger partial charge in [0.05, 0.1) is 0 Å². The Hall–Kier alpha value is -1.85. The van der Waals surface area contributed by atoms with E-state index in [9.17, 15) is 14.4 Å². The average Bonchev–Trinajstić information content (AvgIpc) is 3.43. The fourth-order valence-corrected chi connectivity index (χ4v) is 11.0. The second kappa shape index (κ2) is 66.7. The molecule has 77 heavy (non-hydrogen) atoms. The topological polar surface area (TPSA) is 78.9 Å². The van der Waals surface area contributed by atoms with Crippen LogP contribution in [0.5, 0.6) is 0 Å². The van der Waals surface area contributed by atoms with Gasteiger partial charge >= 0.3 is 17.9 Å². The third-order valence-electron chi connectivity index (χ3n) is 16.3. The summed E-state index contributed by atoms with van der Waals surface area (Å²) in [7, 11) is 0. The maximum Gasteiger partial charge on any atom is 0.306 e. The fourth-order valence-electron chi connectivity index (χ4n) is 11.0. The Morgan fingerprint density at radius 3 is 0.649 bits per heavy atom. The molecule has 0 radical (unpaired) electrons. The first kappa shape index (κ1) is 75.2. The number of unbranched alkanes of at least 4 members (excludes halogenated alkanes) is 53. The van der Waals surface area contributed by atoms with Crippen molar-refractivity contribution in [1.82, 2.24) is 0 Å². The third-order valence-corrected chi connectivity index (χ3v) is 16.3. The molecule has 0 aromatic rings. The van der Waals surface area contributed by atoms with Crippen LogP contribution in [0.1, 0.15) is 406 Å². The van der Waals surface area contributed by atoms with E-state index in [4.69, 9.17) is 14.2 Å². The van der Waals surface area contributed by atoms with Crippen molar-refractivity contribution in [3.05, 3.63) is 12.2 Å². The predicted octanol–water partition coefficient (Wildman–Crippen LogP) is 24.0. The maximum atomic E-state index is 12.9. The third kappa shape index (κ3) is 64.9. The molecule has 456 valence electrons. The smallest absolute Gasteiger partial charge is 0.306 e. The van der Waals surface area contributed by atoms with E-state index in [1.807, 2.05) is 0 Å². The molecule has 0 aromatic carbocycles. The molecule has 0 spiro atoms. The highest BCUT2D eigenvalue weighted by Gasteiger charge is 2.19. The van der Waals surface area contributed by atoms with E-state index < -0.39 is 6.10 Å². The van der Waals surface area contributed by atoms with Crippen molar-refractivity contribution in [1.29, 1.82) is 0 Å². The summed E-state index contributed by atoms with van der Waals surface area (Å²) in [6.07, 6.45) is 79.7. The molecule has 0 N–H and O–H groups in total. The number of rotatable bonds is 66. The number of allylic oxidation sites excluding steroid dienone is 2. The number of esters is 3. The van der Waals surface area contributed by atoms with E-state index in [0.29, 0.717) is 19.3 Å². The van der Waals surface area contributed by atoms with Gasteiger partial charge in [0.25, 0.3) is 0 Å². The van der Waals surface area contributed by atoms with Crippen LogP contribution in [0.3, 0.4) is 0 Å². The minimum absolute atomic E-state index is 0.0620. The van der Waals surface area contributed by atoms with Crippen molar-refractivity contribution in [2.75, 3.05) is 13.2 Å². The number of ether oxygens (including phenoxy) is 3. The normalized spacial score (nSPS) is 12.0. The summed E-state index contributed by atoms with van der Waals surface area (Å²) >= 11 is 0. The first-order chi connectivity index (χ1) is 38.0. The van der Waals surface area contributed by atoms with E-state index in [1.165, 1.54) is 308 Å². The van der Waals surface area contributed by atoms with Crippen LogP contribution < -0.4 is 0 Å². The lowest BCUT2D eigenvalue weighted by molar-refractivity contribution is -0.167. The van der Waals surface area contributed by atoms with Gasteiger partial charge in [0.15, 0.2) is 6.10 Å². The molecule has 0 amide bonds. The second-order valence-electron chi connectivity index (χ2n) is 24.2. The predicted molar refractivity (Wildman–Crippen MR) is 335 cm³/mol. The van der Waals surface area contributed by atoms with Crippen LogP contribution >= 0.6 is 0 Å². The van der Waals surface area contributed by atoms with Gasteiger partial charge in [-0.3, -0.25) is 14.4 Å². The van der Waals surface area contributed by atoms with Crippen molar-refractivity contribution in [3.8, 4) is 0 Å². The molecule has 6 nitrogen and oxygen atoms in total. The minimum Gasteiger partial charge on any atom is -0.462 e. The highest BCUT2D eigenvalue weighted by Crippen LogP contribution is 2.19. The summed E-state index contributed by atoms with van der Waals surface area (Å²) in [5, 5.41) is 0. The fraction of sp³-hybridized carbons (Fsp3) is 0.930. The summed E-state index contributed by atoms with van der Waals surface area (Å²) in [5.41, 5.74) is 0. The van der Waals surface area contributed by atoms with Crippen LogP contribution in [-0.4, -0.2) is 37.2 Å². The SMILES string of the molecule is CCCCCCCCCC/C=C\CCCCCCCCCCCCCCCCCCCCCC(=O)OCC(COC(=O)CCCCCCCCCCCCCC)OC(=O)CCCCCCCCCCCCCCCCCC. The Balaban J connectivity index is 4.08. The van der Waals surface area contributed by atoms with Gasteiger partial charge in [0, 0.05) is 19.3 Å². The van der Waals surface area contributed by atoms with Crippen LogP contribution in [-0.2, 0) is 28.6 Å². The van der Waals surface area contributed by atoms with Gasteiger partial charge in [-0.1, -0.05) is 354 Å². The van der Waals surface area contributed by atoms with Crippen molar-refractivity contribution in [2.45, 2.75) is 412 Å². The molecule has 0 aliphatic heterocycles. The summed E-state index contributed by atoms with van der Waals surface area (Å²) in [5.74, 6) is -0.828. The Morgan fingerprint density at radius 2 is 0.429 bits per heavy atom. The Kier molecular flexibility index (Phi) is 65.1. The number of carbonyl (C=O) groups is 3. The summed E-state index contributed by atoms with van der Waals surface area (Å²) in [6.45, 7) is 6.72. The summed E-state index contributed by atoms with van der Waals surface area (Å²) in [4.78, 5) is 38.3. The summed E-state index contributed by atoms with van der Waals surface area (Å²) < 4.78 is 17.0. The van der Waals surface area contributed by atoms with E-state index in [1.54, 1.807) is 0 Å². The van der Waals surface area contributed by atoms with Crippen LogP contribution in [0.2, 0.25) is 0 Å². The van der Waals surface area contributed by atoms with E-state index in [-0.39, 0.29) is 31.1 Å². The molecular weight excluding hydrogens is 949 g/mol. The van der Waals surface area contributed by atoms with Crippen LogP contribution in [0, 0.1) is 0 Å². The van der Waals surface area contributed by atoms with Crippen molar-refractivity contribution >= 4 is 17.9 Å². The molecule has 0 heterocycles. The number of hydrogen-bond acceptors (Lipinski definition) is 6. The van der Waals surface area contributed by atoms with Gasteiger partial charge in [0.1, 0.15) is 13.2 Å². The maximum absolute atomic E-state index is 12.9. The largest absolute Gasteiger partial charge is 0.462 e. The molecule has 1 atom stereocenters. The van der Waals surface area contributed by atoms with Gasteiger partial charge in [-0.05, 0) is 44.9 Å². The molecular formula is C71H136O6. The first-order valence-electron chi connectivity index (χ1n) is 35.2. The van der Waals surface area contributed by atoms with Gasteiger partial charge in [0.2, 0.25) is 0 Å². The van der Waals surface area contributed by atoms with Crippen LogP contribution in [0.4, 0.5) is 0 Å².